The molecule has 0 bridgehead atoms. The molecular weight excluding hydrogens is 264 g/mol. The predicted molar refractivity (Wildman–Crippen MR) is 83.3 cm³/mol. The minimum atomic E-state index is -0.145. The number of aromatic nitrogens is 4. The molecule has 3 aromatic rings. The number of nitrogens with one attached hydrogen (secondary N) is 1. The maximum Gasteiger partial charge on any atom is 0.277 e. The van der Waals surface area contributed by atoms with Crippen LogP contribution >= 0.6 is 0 Å². The number of hydrogen-bond acceptors (Lipinski definition) is 3. The van der Waals surface area contributed by atoms with Gasteiger partial charge in [0.15, 0.2) is 5.52 Å². The summed E-state index contributed by atoms with van der Waals surface area (Å²) in [6.07, 6.45) is 1.79. The van der Waals surface area contributed by atoms with Crippen molar-refractivity contribution in [2.75, 3.05) is 0 Å². The first-order valence-corrected chi connectivity index (χ1v) is 7.13. The van der Waals surface area contributed by atoms with E-state index in [-0.39, 0.29) is 5.56 Å². The summed E-state index contributed by atoms with van der Waals surface area (Å²) in [5.41, 5.74) is 4.07. The van der Waals surface area contributed by atoms with E-state index in [2.05, 4.69) is 22.0 Å². The molecule has 0 aliphatic heterocycles. The van der Waals surface area contributed by atoms with Crippen molar-refractivity contribution in [2.45, 2.75) is 26.7 Å². The summed E-state index contributed by atoms with van der Waals surface area (Å²) in [4.78, 5) is 19.8. The number of rotatable bonds is 3. The zero-order valence-electron chi connectivity index (χ0n) is 12.5. The van der Waals surface area contributed by atoms with Gasteiger partial charge in [0, 0.05) is 12.6 Å². The molecule has 0 saturated heterocycles. The molecule has 21 heavy (non-hydrogen) atoms. The topological polar surface area (TPSA) is 63.6 Å². The lowest BCUT2D eigenvalue weighted by atomic mass is 10.1. The average Bonchev–Trinajstić information content (AvgIpc) is 2.77. The van der Waals surface area contributed by atoms with E-state index in [0.717, 1.165) is 24.1 Å². The minimum absolute atomic E-state index is 0.145. The fourth-order valence-corrected chi connectivity index (χ4v) is 2.50. The second kappa shape index (κ2) is 5.16. The standard InChI is InChI=1S/C16H18N4O/c1-4-5-12-13-14(20(3)19-12)16(21)18-15(17-13)11-8-6-10(2)7-9-11/h6-9H,4-5H2,1-3H3,(H,17,18,21). The summed E-state index contributed by atoms with van der Waals surface area (Å²) in [6.45, 7) is 4.12. The van der Waals surface area contributed by atoms with Crippen LogP contribution in [0.15, 0.2) is 29.1 Å². The molecule has 0 saturated carbocycles. The minimum Gasteiger partial charge on any atom is -0.305 e. The van der Waals surface area contributed by atoms with Crippen LogP contribution in [0.3, 0.4) is 0 Å². The Labute approximate surface area is 122 Å². The van der Waals surface area contributed by atoms with Crippen LogP contribution in [0.4, 0.5) is 0 Å². The number of aryl methyl sites for hydroxylation is 3. The Bertz CT molecular complexity index is 843. The van der Waals surface area contributed by atoms with Crippen molar-refractivity contribution in [3.63, 3.8) is 0 Å². The molecule has 1 N–H and O–H groups in total. The first-order chi connectivity index (χ1) is 10.1. The molecule has 0 aliphatic carbocycles. The monoisotopic (exact) mass is 282 g/mol. The van der Waals surface area contributed by atoms with Gasteiger partial charge < -0.3 is 4.98 Å². The Morgan fingerprint density at radius 3 is 2.62 bits per heavy atom. The van der Waals surface area contributed by atoms with Crippen LogP contribution in [-0.4, -0.2) is 19.7 Å². The summed E-state index contributed by atoms with van der Waals surface area (Å²) in [7, 11) is 1.78. The highest BCUT2D eigenvalue weighted by molar-refractivity contribution is 5.78. The third-order valence-corrected chi connectivity index (χ3v) is 3.57. The molecule has 108 valence electrons. The summed E-state index contributed by atoms with van der Waals surface area (Å²) in [5, 5.41) is 4.42. The van der Waals surface area contributed by atoms with Gasteiger partial charge in [0.05, 0.1) is 5.69 Å². The van der Waals surface area contributed by atoms with E-state index in [1.165, 1.54) is 5.56 Å². The predicted octanol–water partition coefficient (Wildman–Crippen LogP) is 2.58. The van der Waals surface area contributed by atoms with Gasteiger partial charge >= 0.3 is 0 Å². The van der Waals surface area contributed by atoms with Gasteiger partial charge in [-0.2, -0.15) is 5.10 Å². The van der Waals surface area contributed by atoms with Crippen LogP contribution in [0.2, 0.25) is 0 Å². The quantitative estimate of drug-likeness (QED) is 0.803. The molecule has 0 spiro atoms. The second-order valence-corrected chi connectivity index (χ2v) is 5.30. The van der Waals surface area contributed by atoms with Gasteiger partial charge in [0.2, 0.25) is 0 Å². The van der Waals surface area contributed by atoms with Crippen LogP contribution < -0.4 is 5.56 Å². The van der Waals surface area contributed by atoms with Gasteiger partial charge in [0.25, 0.3) is 5.56 Å². The lowest BCUT2D eigenvalue weighted by Gasteiger charge is -2.02. The van der Waals surface area contributed by atoms with E-state index in [0.29, 0.717) is 16.9 Å². The van der Waals surface area contributed by atoms with E-state index < -0.39 is 0 Å². The highest BCUT2D eigenvalue weighted by Crippen LogP contribution is 2.19. The molecule has 0 amide bonds. The van der Waals surface area contributed by atoms with Crippen LogP contribution in [0.5, 0.6) is 0 Å². The van der Waals surface area contributed by atoms with Gasteiger partial charge in [0.1, 0.15) is 11.3 Å². The second-order valence-electron chi connectivity index (χ2n) is 5.30. The third-order valence-electron chi connectivity index (χ3n) is 3.57. The van der Waals surface area contributed by atoms with Crippen molar-refractivity contribution in [2.24, 2.45) is 7.05 Å². The van der Waals surface area contributed by atoms with Gasteiger partial charge in [-0.25, -0.2) is 4.98 Å². The van der Waals surface area contributed by atoms with Crippen molar-refractivity contribution in [3.05, 3.63) is 45.9 Å². The van der Waals surface area contributed by atoms with Crippen LogP contribution in [-0.2, 0) is 13.5 Å². The van der Waals surface area contributed by atoms with E-state index in [1.807, 2.05) is 31.2 Å². The van der Waals surface area contributed by atoms with E-state index in [9.17, 15) is 4.79 Å². The number of H-pyrrole nitrogens is 1. The smallest absolute Gasteiger partial charge is 0.277 e. The number of aromatic amines is 1. The van der Waals surface area contributed by atoms with E-state index in [4.69, 9.17) is 0 Å². The van der Waals surface area contributed by atoms with Gasteiger partial charge in [-0.05, 0) is 13.3 Å². The fourth-order valence-electron chi connectivity index (χ4n) is 2.50. The molecule has 1 aromatic carbocycles. The van der Waals surface area contributed by atoms with Gasteiger partial charge in [-0.1, -0.05) is 43.2 Å². The Morgan fingerprint density at radius 1 is 1.24 bits per heavy atom. The molecule has 5 heteroatoms. The molecule has 3 rings (SSSR count). The molecule has 2 aromatic heterocycles. The zero-order valence-corrected chi connectivity index (χ0v) is 12.5. The zero-order chi connectivity index (χ0) is 15.0. The number of nitrogens with zero attached hydrogens (tertiary/aromatic N) is 3. The lowest BCUT2D eigenvalue weighted by Crippen LogP contribution is -2.12. The van der Waals surface area contributed by atoms with Gasteiger partial charge in [-0.3, -0.25) is 9.48 Å². The molecule has 0 unspecified atom stereocenters. The fraction of sp³-hybridized carbons (Fsp3) is 0.312. The van der Waals surface area contributed by atoms with Crippen molar-refractivity contribution in [1.29, 1.82) is 0 Å². The first-order valence-electron chi connectivity index (χ1n) is 7.13. The SMILES string of the molecule is CCCc1nn(C)c2c(=O)[nH]c(-c3ccc(C)cc3)nc12. The summed E-state index contributed by atoms with van der Waals surface area (Å²) < 4.78 is 1.62. The van der Waals surface area contributed by atoms with Crippen molar-refractivity contribution in [1.82, 2.24) is 19.7 Å². The van der Waals surface area contributed by atoms with Crippen molar-refractivity contribution < 1.29 is 0 Å². The van der Waals surface area contributed by atoms with Crippen LogP contribution in [0, 0.1) is 6.92 Å². The maximum absolute atomic E-state index is 12.3. The largest absolute Gasteiger partial charge is 0.305 e. The van der Waals surface area contributed by atoms with Crippen molar-refractivity contribution in [3.8, 4) is 11.4 Å². The highest BCUT2D eigenvalue weighted by Gasteiger charge is 2.14. The summed E-state index contributed by atoms with van der Waals surface area (Å²) in [5.74, 6) is 0.595. The molecular formula is C16H18N4O. The maximum atomic E-state index is 12.3. The van der Waals surface area contributed by atoms with Gasteiger partial charge in [-0.15, -0.1) is 0 Å². The molecule has 2 heterocycles. The van der Waals surface area contributed by atoms with Crippen LogP contribution in [0.1, 0.15) is 24.6 Å². The number of fused-ring (bicyclic) bond motifs is 1. The first kappa shape index (κ1) is 13.5. The molecule has 0 radical (unpaired) electrons. The van der Waals surface area contributed by atoms with E-state index in [1.54, 1.807) is 11.7 Å². The highest BCUT2D eigenvalue weighted by atomic mass is 16.1. The molecule has 5 nitrogen and oxygen atoms in total. The Kier molecular flexibility index (Phi) is 3.33. The molecule has 0 fully saturated rings. The lowest BCUT2D eigenvalue weighted by molar-refractivity contribution is 0.751. The molecule has 0 atom stereocenters. The number of benzene rings is 1. The van der Waals surface area contributed by atoms with Crippen LogP contribution in [0.25, 0.3) is 22.4 Å². The Hall–Kier alpha value is -2.43. The van der Waals surface area contributed by atoms with E-state index >= 15 is 0 Å². The Morgan fingerprint density at radius 2 is 1.95 bits per heavy atom. The summed E-state index contributed by atoms with van der Waals surface area (Å²) in [6, 6.07) is 7.95. The van der Waals surface area contributed by atoms with Crippen molar-refractivity contribution >= 4 is 11.0 Å². The average molecular weight is 282 g/mol. The summed E-state index contributed by atoms with van der Waals surface area (Å²) >= 11 is 0. The normalized spacial score (nSPS) is 11.2. The third kappa shape index (κ3) is 2.35. The molecule has 0 aliphatic rings. The Balaban J connectivity index is 2.24. The number of hydrogen-bond donors (Lipinski definition) is 1.